The second kappa shape index (κ2) is 9.90. The Morgan fingerprint density at radius 3 is 1.25 bits per heavy atom. The summed E-state index contributed by atoms with van der Waals surface area (Å²) in [7, 11) is 0. The first-order valence-electron chi connectivity index (χ1n) is 0.408. The van der Waals surface area contributed by atoms with Crippen molar-refractivity contribution in [3.8, 4) is 0 Å². The molecule has 0 unspecified atom stereocenters. The molecule has 0 bridgehead atoms. The summed E-state index contributed by atoms with van der Waals surface area (Å²) in [5.74, 6) is 0. The van der Waals surface area contributed by atoms with Crippen molar-refractivity contribution in [1.29, 1.82) is 0 Å². The van der Waals surface area contributed by atoms with Crippen LogP contribution in [0.25, 0.3) is 0 Å². The number of halogens is 1. The van der Waals surface area contributed by atoms with Crippen LogP contribution in [0.5, 0.6) is 0 Å². The minimum absolute atomic E-state index is 0. The van der Waals surface area contributed by atoms with Crippen LogP contribution < -0.4 is 0 Å². The Labute approximate surface area is 35.9 Å². The van der Waals surface area contributed by atoms with Crippen molar-refractivity contribution in [2.45, 2.75) is 0 Å². The number of hydrogen-bond donors (Lipinski definition) is 0. The van der Waals surface area contributed by atoms with Crippen LogP contribution in [0.4, 0.5) is 0 Å². The molecule has 0 N–H and O–H groups in total. The summed E-state index contributed by atoms with van der Waals surface area (Å²) in [6.07, 6.45) is 0. The molecule has 0 aromatic carbocycles. The van der Waals surface area contributed by atoms with Crippen molar-refractivity contribution >= 4 is 27.7 Å². The van der Waals surface area contributed by atoms with Gasteiger partial charge in [0.1, 0.15) is 0 Å². The summed E-state index contributed by atoms with van der Waals surface area (Å²) in [6, 6.07) is 0. The Bertz CT molecular complexity index is 27.0. The van der Waals surface area contributed by atoms with E-state index in [4.69, 9.17) is 7.56 Å². The van der Waals surface area contributed by atoms with Crippen molar-refractivity contribution in [2.24, 2.45) is 0 Å². The van der Waals surface area contributed by atoms with Crippen LogP contribution in [-0.2, 0) is 7.56 Å². The fourth-order valence-corrected chi connectivity index (χ4v) is 0. The molecular formula is ClGeO2. The van der Waals surface area contributed by atoms with E-state index in [9.17, 15) is 0 Å². The molecule has 0 spiro atoms. The van der Waals surface area contributed by atoms with Gasteiger partial charge in [-0.25, -0.2) is 0 Å². The monoisotopic (exact) mass is 141 g/mol. The average molecular weight is 140 g/mol. The van der Waals surface area contributed by atoms with Crippen molar-refractivity contribution in [3.05, 3.63) is 0 Å². The summed E-state index contributed by atoms with van der Waals surface area (Å²) < 4.78 is 17.0. The molecule has 0 aliphatic heterocycles. The molecule has 0 rings (SSSR count). The predicted octanol–water partition coefficient (Wildman–Crippen LogP) is 0.0711. The fraction of sp³-hybridized carbons (Fsp3) is 0. The first kappa shape index (κ1) is 8.83. The summed E-state index contributed by atoms with van der Waals surface area (Å²) >= 11 is -2.00. The first-order valence-corrected chi connectivity index (χ1v) is 2.12. The van der Waals surface area contributed by atoms with Gasteiger partial charge in [0.25, 0.3) is 0 Å². The SMILES string of the molecule is [Cl].[O]=[Ge]=[O]. The van der Waals surface area contributed by atoms with Crippen LogP contribution in [0.3, 0.4) is 0 Å². The maximum absolute atomic E-state index is 8.50. The van der Waals surface area contributed by atoms with Gasteiger partial charge in [-0.1, -0.05) is 0 Å². The molecule has 4 heavy (non-hydrogen) atoms. The van der Waals surface area contributed by atoms with Crippen LogP contribution >= 0.6 is 12.4 Å². The van der Waals surface area contributed by atoms with Crippen molar-refractivity contribution < 1.29 is 7.56 Å². The van der Waals surface area contributed by atoms with Crippen LogP contribution in [0.2, 0.25) is 0 Å². The van der Waals surface area contributed by atoms with Gasteiger partial charge in [-0.3, -0.25) is 0 Å². The van der Waals surface area contributed by atoms with E-state index in [1.54, 1.807) is 0 Å². The molecule has 0 aliphatic carbocycles. The standard InChI is InChI=1S/Cl.GeO2/c;2-1-3. The molecule has 0 aliphatic rings. The van der Waals surface area contributed by atoms with E-state index in [-0.39, 0.29) is 12.4 Å². The Morgan fingerprint density at radius 2 is 1.25 bits per heavy atom. The Balaban J connectivity index is 0. The van der Waals surface area contributed by atoms with Gasteiger partial charge in [-0.15, -0.1) is 0 Å². The van der Waals surface area contributed by atoms with Gasteiger partial charge in [0.05, 0.1) is 0 Å². The molecule has 0 aromatic rings. The van der Waals surface area contributed by atoms with E-state index in [1.165, 1.54) is 0 Å². The second-order valence-corrected chi connectivity index (χ2v) is 0.433. The Morgan fingerprint density at radius 1 is 1.25 bits per heavy atom. The topological polar surface area (TPSA) is 34.1 Å². The Hall–Kier alpha value is 0.433. The minimum atomic E-state index is -2.00. The molecule has 4 heteroatoms. The van der Waals surface area contributed by atoms with Crippen LogP contribution in [0.15, 0.2) is 0 Å². The average Bonchev–Trinajstić information content (AvgIpc) is 0.918. The summed E-state index contributed by atoms with van der Waals surface area (Å²) in [5.41, 5.74) is 0. The van der Waals surface area contributed by atoms with Gasteiger partial charge in [0, 0.05) is 12.4 Å². The zero-order chi connectivity index (χ0) is 2.71. The fourth-order valence-electron chi connectivity index (χ4n) is 0. The molecule has 0 aromatic heterocycles. The van der Waals surface area contributed by atoms with Crippen molar-refractivity contribution in [2.75, 3.05) is 0 Å². The molecule has 1 radical (unpaired) electrons. The van der Waals surface area contributed by atoms with Crippen LogP contribution in [-0.4, -0.2) is 15.3 Å². The van der Waals surface area contributed by atoms with Gasteiger partial charge in [-0.05, 0) is 0 Å². The molecular weight excluding hydrogens is 140 g/mol. The van der Waals surface area contributed by atoms with E-state index in [0.717, 1.165) is 0 Å². The first-order chi connectivity index (χ1) is 1.41. The summed E-state index contributed by atoms with van der Waals surface area (Å²) in [4.78, 5) is 0. The van der Waals surface area contributed by atoms with Gasteiger partial charge >= 0.3 is 22.9 Å². The van der Waals surface area contributed by atoms with Gasteiger partial charge in [0.15, 0.2) is 0 Å². The number of rotatable bonds is 0. The Kier molecular flexibility index (Phi) is 21.8. The molecule has 0 heterocycles. The third-order valence-corrected chi connectivity index (χ3v) is 0. The van der Waals surface area contributed by atoms with Crippen molar-refractivity contribution in [3.63, 3.8) is 0 Å². The predicted molar refractivity (Wildman–Crippen MR) is 13.0 cm³/mol. The van der Waals surface area contributed by atoms with E-state index in [1.807, 2.05) is 0 Å². The van der Waals surface area contributed by atoms with Gasteiger partial charge in [0.2, 0.25) is 0 Å². The van der Waals surface area contributed by atoms with Crippen molar-refractivity contribution in [1.82, 2.24) is 0 Å². The number of hydrogen-bond acceptors (Lipinski definition) is 2. The van der Waals surface area contributed by atoms with Gasteiger partial charge in [-0.2, -0.15) is 0 Å². The zero-order valence-corrected chi connectivity index (χ0v) is 4.55. The molecule has 0 saturated heterocycles. The zero-order valence-electron chi connectivity index (χ0n) is 1.69. The van der Waals surface area contributed by atoms with E-state index in [0.29, 0.717) is 0 Å². The molecule has 0 amide bonds. The van der Waals surface area contributed by atoms with E-state index < -0.39 is 15.3 Å². The molecule has 23 valence electrons. The third-order valence-electron chi connectivity index (χ3n) is 0. The normalized spacial score (nSPS) is 2.00. The second-order valence-electron chi connectivity index (χ2n) is 0.0833. The quantitative estimate of drug-likeness (QED) is 0.446. The van der Waals surface area contributed by atoms with Crippen LogP contribution in [0, 0.1) is 0 Å². The summed E-state index contributed by atoms with van der Waals surface area (Å²) in [5, 5.41) is 0. The molecule has 0 saturated carbocycles. The summed E-state index contributed by atoms with van der Waals surface area (Å²) in [6.45, 7) is 0. The molecule has 0 fully saturated rings. The van der Waals surface area contributed by atoms with E-state index in [2.05, 4.69) is 0 Å². The molecule has 2 nitrogen and oxygen atoms in total. The van der Waals surface area contributed by atoms with E-state index >= 15 is 0 Å². The molecule has 0 atom stereocenters. The van der Waals surface area contributed by atoms with Crippen LogP contribution in [0.1, 0.15) is 0 Å². The van der Waals surface area contributed by atoms with Gasteiger partial charge < -0.3 is 0 Å². The third kappa shape index (κ3) is 26.7. The maximum atomic E-state index is 8.50.